The van der Waals surface area contributed by atoms with Crippen LogP contribution in [-0.2, 0) is 6.42 Å². The molecule has 1 aliphatic rings. The first-order chi connectivity index (χ1) is 12.1. The van der Waals surface area contributed by atoms with Crippen molar-refractivity contribution in [2.45, 2.75) is 6.42 Å². The predicted molar refractivity (Wildman–Crippen MR) is 97.0 cm³/mol. The van der Waals surface area contributed by atoms with Gasteiger partial charge in [0, 0.05) is 35.6 Å². The lowest BCUT2D eigenvalue weighted by molar-refractivity contribution is 0.0947. The highest BCUT2D eigenvalue weighted by Crippen LogP contribution is 2.36. The van der Waals surface area contributed by atoms with Gasteiger partial charge in [-0.3, -0.25) is 4.79 Å². The van der Waals surface area contributed by atoms with Gasteiger partial charge in [-0.25, -0.2) is 9.97 Å². The van der Waals surface area contributed by atoms with Gasteiger partial charge in [-0.05, 0) is 30.3 Å². The number of nitrogens with zero attached hydrogens (tertiary/aromatic N) is 2. The van der Waals surface area contributed by atoms with Crippen molar-refractivity contribution in [2.75, 3.05) is 17.6 Å². The first-order valence-electron chi connectivity index (χ1n) is 7.76. The Morgan fingerprint density at radius 2 is 2.00 bits per heavy atom. The van der Waals surface area contributed by atoms with E-state index in [0.29, 0.717) is 34.2 Å². The summed E-state index contributed by atoms with van der Waals surface area (Å²) in [4.78, 5) is 23.9. The van der Waals surface area contributed by atoms with Crippen molar-refractivity contribution < 1.29 is 4.79 Å². The molecule has 0 spiro atoms. The third-order valence-corrected chi connectivity index (χ3v) is 4.26. The molecule has 8 heteroatoms. The first kappa shape index (κ1) is 15.5. The number of hydrogen-bond acceptors (Lipinski definition) is 5. The number of halogens is 1. The lowest BCUT2D eigenvalue weighted by Crippen LogP contribution is -2.31. The van der Waals surface area contributed by atoms with Gasteiger partial charge in [-0.1, -0.05) is 11.6 Å². The summed E-state index contributed by atoms with van der Waals surface area (Å²) in [6, 6.07) is 9.01. The van der Waals surface area contributed by atoms with E-state index in [9.17, 15) is 4.79 Å². The number of aromatic nitrogens is 3. The van der Waals surface area contributed by atoms with Crippen LogP contribution in [0.2, 0.25) is 5.02 Å². The molecule has 0 bridgehead atoms. The van der Waals surface area contributed by atoms with Crippen LogP contribution in [0.5, 0.6) is 0 Å². The van der Waals surface area contributed by atoms with Gasteiger partial charge in [0.15, 0.2) is 0 Å². The van der Waals surface area contributed by atoms with E-state index in [1.807, 2.05) is 12.1 Å². The maximum Gasteiger partial charge on any atom is 0.255 e. The molecule has 0 aliphatic carbocycles. The van der Waals surface area contributed by atoms with Gasteiger partial charge in [-0.2, -0.15) is 0 Å². The molecule has 0 radical (unpaired) electrons. The van der Waals surface area contributed by atoms with E-state index in [0.717, 1.165) is 17.8 Å². The van der Waals surface area contributed by atoms with E-state index < -0.39 is 0 Å². The van der Waals surface area contributed by atoms with Crippen LogP contribution in [0.25, 0.3) is 11.4 Å². The number of H-pyrrole nitrogens is 1. The number of carbonyl (C=O) groups is 1. The van der Waals surface area contributed by atoms with Crippen LogP contribution >= 0.6 is 11.6 Å². The maximum absolute atomic E-state index is 12.4. The monoisotopic (exact) mass is 354 g/mol. The summed E-state index contributed by atoms with van der Waals surface area (Å²) in [6.07, 6.45) is 2.31. The molecule has 0 saturated carbocycles. The van der Waals surface area contributed by atoms with E-state index in [1.165, 1.54) is 0 Å². The third-order valence-electron chi connectivity index (χ3n) is 4.01. The molecule has 1 aromatic carbocycles. The maximum atomic E-state index is 12.4. The topological polar surface area (TPSA) is 109 Å². The summed E-state index contributed by atoms with van der Waals surface area (Å²) in [5.41, 5.74) is 9.96. The number of rotatable bonds is 3. The molecular formula is C17H15ClN6O. The SMILES string of the molecule is Nc1nccc(-c2[nH]c3c(c2Nc2ccc(Cl)cc2)C(=O)NCC3)n1. The van der Waals surface area contributed by atoms with Gasteiger partial charge in [0.05, 0.1) is 22.6 Å². The summed E-state index contributed by atoms with van der Waals surface area (Å²) in [6.45, 7) is 0.595. The summed E-state index contributed by atoms with van der Waals surface area (Å²) in [5, 5.41) is 6.82. The van der Waals surface area contributed by atoms with Crippen molar-refractivity contribution in [3.05, 3.63) is 52.8 Å². The number of aromatic amines is 1. The molecule has 5 N–H and O–H groups in total. The molecule has 0 unspecified atom stereocenters. The number of carbonyl (C=O) groups excluding carboxylic acids is 1. The summed E-state index contributed by atoms with van der Waals surface area (Å²) < 4.78 is 0. The first-order valence-corrected chi connectivity index (χ1v) is 8.14. The second-order valence-electron chi connectivity index (χ2n) is 5.67. The Labute approximate surface area is 148 Å². The Kier molecular flexibility index (Phi) is 3.77. The van der Waals surface area contributed by atoms with Crippen molar-refractivity contribution in [3.8, 4) is 11.4 Å². The second kappa shape index (κ2) is 6.10. The average Bonchev–Trinajstić information content (AvgIpc) is 2.97. The highest BCUT2D eigenvalue weighted by Gasteiger charge is 2.27. The average molecular weight is 355 g/mol. The highest BCUT2D eigenvalue weighted by molar-refractivity contribution is 6.30. The predicted octanol–water partition coefficient (Wildman–Crippen LogP) is 2.74. The van der Waals surface area contributed by atoms with E-state index in [1.54, 1.807) is 24.4 Å². The number of hydrogen-bond donors (Lipinski definition) is 4. The zero-order valence-corrected chi connectivity index (χ0v) is 13.9. The van der Waals surface area contributed by atoms with E-state index in [-0.39, 0.29) is 11.9 Å². The molecule has 1 amide bonds. The molecule has 0 fully saturated rings. The fourth-order valence-electron chi connectivity index (χ4n) is 2.89. The molecule has 7 nitrogen and oxygen atoms in total. The van der Waals surface area contributed by atoms with Gasteiger partial charge in [-0.15, -0.1) is 0 Å². The molecule has 1 aliphatic heterocycles. The van der Waals surface area contributed by atoms with Crippen LogP contribution < -0.4 is 16.4 Å². The fourth-order valence-corrected chi connectivity index (χ4v) is 3.01. The number of fused-ring (bicyclic) bond motifs is 1. The van der Waals surface area contributed by atoms with Gasteiger partial charge < -0.3 is 21.4 Å². The Balaban J connectivity index is 1.86. The zero-order chi connectivity index (χ0) is 17.4. The van der Waals surface area contributed by atoms with Crippen LogP contribution in [0.3, 0.4) is 0 Å². The lowest BCUT2D eigenvalue weighted by Gasteiger charge is -2.15. The summed E-state index contributed by atoms with van der Waals surface area (Å²) >= 11 is 5.95. The van der Waals surface area contributed by atoms with Gasteiger partial charge >= 0.3 is 0 Å². The number of nitrogens with two attached hydrogens (primary N) is 1. The number of amides is 1. The Morgan fingerprint density at radius 3 is 2.76 bits per heavy atom. The van der Waals surface area contributed by atoms with Gasteiger partial charge in [0.25, 0.3) is 5.91 Å². The molecule has 0 atom stereocenters. The molecular weight excluding hydrogens is 340 g/mol. The van der Waals surface area contributed by atoms with Crippen molar-refractivity contribution in [2.24, 2.45) is 0 Å². The normalized spacial score (nSPS) is 13.2. The number of nitrogens with one attached hydrogen (secondary N) is 3. The zero-order valence-electron chi connectivity index (χ0n) is 13.1. The van der Waals surface area contributed by atoms with Crippen molar-refractivity contribution >= 4 is 34.8 Å². The van der Waals surface area contributed by atoms with Crippen molar-refractivity contribution in [3.63, 3.8) is 0 Å². The van der Waals surface area contributed by atoms with Crippen LogP contribution in [0.4, 0.5) is 17.3 Å². The van der Waals surface area contributed by atoms with Crippen LogP contribution in [-0.4, -0.2) is 27.4 Å². The minimum absolute atomic E-state index is 0.123. The number of nitrogen functional groups attached to an aromatic ring is 1. The lowest BCUT2D eigenvalue weighted by atomic mass is 10.1. The van der Waals surface area contributed by atoms with E-state index in [2.05, 4.69) is 25.6 Å². The van der Waals surface area contributed by atoms with E-state index in [4.69, 9.17) is 17.3 Å². The summed E-state index contributed by atoms with van der Waals surface area (Å²) in [7, 11) is 0. The van der Waals surface area contributed by atoms with Crippen molar-refractivity contribution in [1.29, 1.82) is 0 Å². The standard InChI is InChI=1S/C17H15ClN6O/c18-9-1-3-10(4-2-9)22-15-13-11(5-7-20-16(13)25)23-14(15)12-6-8-21-17(19)24-12/h1-4,6,8,22-23H,5,7H2,(H,20,25)(H2,19,21,24). The van der Waals surface area contributed by atoms with Crippen LogP contribution in [0.15, 0.2) is 36.5 Å². The molecule has 126 valence electrons. The Bertz CT molecular complexity index is 950. The van der Waals surface area contributed by atoms with Crippen LogP contribution in [0.1, 0.15) is 16.1 Å². The second-order valence-corrected chi connectivity index (χ2v) is 6.10. The quantitative estimate of drug-likeness (QED) is 0.578. The minimum atomic E-state index is -0.123. The van der Waals surface area contributed by atoms with Crippen LogP contribution in [0, 0.1) is 0 Å². The smallest absolute Gasteiger partial charge is 0.255 e. The Hall–Kier alpha value is -3.06. The molecule has 4 rings (SSSR count). The number of anilines is 3. The fraction of sp³-hybridized carbons (Fsp3) is 0.118. The van der Waals surface area contributed by atoms with Gasteiger partial charge in [0.1, 0.15) is 0 Å². The largest absolute Gasteiger partial charge is 0.368 e. The third kappa shape index (κ3) is 2.89. The van der Waals surface area contributed by atoms with E-state index >= 15 is 0 Å². The highest BCUT2D eigenvalue weighted by atomic mass is 35.5. The Morgan fingerprint density at radius 1 is 1.20 bits per heavy atom. The summed E-state index contributed by atoms with van der Waals surface area (Å²) in [5.74, 6) is 0.0502. The molecule has 0 saturated heterocycles. The van der Waals surface area contributed by atoms with Gasteiger partial charge in [0.2, 0.25) is 5.95 Å². The number of benzene rings is 1. The molecule has 3 aromatic rings. The molecule has 2 aromatic heterocycles. The minimum Gasteiger partial charge on any atom is -0.368 e. The van der Waals surface area contributed by atoms with Crippen molar-refractivity contribution in [1.82, 2.24) is 20.3 Å². The molecule has 3 heterocycles. The molecule has 25 heavy (non-hydrogen) atoms.